The molecule has 1 unspecified atom stereocenters. The predicted octanol–water partition coefficient (Wildman–Crippen LogP) is 3.16. The lowest BCUT2D eigenvalue weighted by molar-refractivity contribution is 0.425. The van der Waals surface area contributed by atoms with Crippen LogP contribution in [0.25, 0.3) is 0 Å². The van der Waals surface area contributed by atoms with E-state index >= 15 is 0 Å². The minimum atomic E-state index is -3.88. The molecule has 0 radical (unpaired) electrons. The van der Waals surface area contributed by atoms with Crippen LogP contribution in [0.4, 0.5) is 5.95 Å². The summed E-state index contributed by atoms with van der Waals surface area (Å²) in [5.41, 5.74) is 0. The Bertz CT molecular complexity index is 1050. The largest absolute Gasteiger partial charge is 0.439 e. The number of aromatic nitrogens is 4. The van der Waals surface area contributed by atoms with E-state index in [0.29, 0.717) is 5.75 Å². The summed E-state index contributed by atoms with van der Waals surface area (Å²) in [6, 6.07) is 10.9. The number of benzene rings is 1. The first-order chi connectivity index (χ1) is 13.0. The highest BCUT2D eigenvalue weighted by Crippen LogP contribution is 2.26. The van der Waals surface area contributed by atoms with Gasteiger partial charge in [0.25, 0.3) is 10.0 Å². The Morgan fingerprint density at radius 2 is 2.00 bits per heavy atom. The summed E-state index contributed by atoms with van der Waals surface area (Å²) in [5, 5.41) is -0.0239. The summed E-state index contributed by atoms with van der Waals surface area (Å²) >= 11 is 0. The first kappa shape index (κ1) is 17.5. The van der Waals surface area contributed by atoms with Crippen LogP contribution in [0.2, 0.25) is 0 Å². The van der Waals surface area contributed by atoms with Gasteiger partial charge in [-0.3, -0.25) is 0 Å². The molecule has 1 N–H and O–H groups in total. The molecule has 0 saturated carbocycles. The van der Waals surface area contributed by atoms with Gasteiger partial charge >= 0.3 is 0 Å². The minimum Gasteiger partial charge on any atom is -0.439 e. The molecule has 0 bridgehead atoms. The van der Waals surface area contributed by atoms with Crippen LogP contribution in [0.1, 0.15) is 31.6 Å². The molecule has 3 heterocycles. The highest BCUT2D eigenvalue weighted by Gasteiger charge is 2.25. The number of rotatable bonds is 5. The van der Waals surface area contributed by atoms with Crippen molar-refractivity contribution < 1.29 is 13.2 Å². The minimum absolute atomic E-state index is 0.0239. The zero-order chi connectivity index (χ0) is 18.9. The second-order valence-corrected chi connectivity index (χ2v) is 8.01. The number of nitrogens with one attached hydrogen (secondary N) is 1. The Kier molecular flexibility index (Phi) is 4.53. The van der Waals surface area contributed by atoms with E-state index in [1.807, 2.05) is 22.8 Å². The summed E-state index contributed by atoms with van der Waals surface area (Å²) in [6.07, 6.45) is 5.80. The Morgan fingerprint density at radius 1 is 1.19 bits per heavy atom. The number of para-hydroxylation sites is 1. The Balaban J connectivity index is 1.55. The molecule has 3 aromatic rings. The van der Waals surface area contributed by atoms with Gasteiger partial charge in [-0.2, -0.15) is 13.4 Å². The van der Waals surface area contributed by atoms with Crippen LogP contribution in [0.15, 0.2) is 53.8 Å². The molecule has 140 valence electrons. The number of sulfonamides is 1. The van der Waals surface area contributed by atoms with Crippen LogP contribution in [0.3, 0.4) is 0 Å². The van der Waals surface area contributed by atoms with Crippen molar-refractivity contribution in [2.45, 2.75) is 37.3 Å². The molecule has 1 atom stereocenters. The van der Waals surface area contributed by atoms with Gasteiger partial charge in [-0.05, 0) is 31.9 Å². The zero-order valence-electron chi connectivity index (χ0n) is 14.7. The van der Waals surface area contributed by atoms with Crippen LogP contribution >= 0.6 is 0 Å². The highest BCUT2D eigenvalue weighted by molar-refractivity contribution is 7.92. The average Bonchev–Trinajstić information content (AvgIpc) is 3.09. The van der Waals surface area contributed by atoms with Crippen molar-refractivity contribution in [2.75, 3.05) is 4.72 Å². The number of nitrogens with zero attached hydrogens (tertiary/aromatic N) is 4. The molecule has 0 aliphatic carbocycles. The van der Waals surface area contributed by atoms with Crippen molar-refractivity contribution >= 4 is 16.0 Å². The van der Waals surface area contributed by atoms with E-state index in [1.165, 1.54) is 6.20 Å². The summed E-state index contributed by atoms with van der Waals surface area (Å²) in [7, 11) is -3.88. The second-order valence-electron chi connectivity index (χ2n) is 6.38. The fraction of sp³-hybridized carbons (Fsp3) is 0.278. The number of anilines is 1. The van der Waals surface area contributed by atoms with Crippen LogP contribution in [0, 0.1) is 0 Å². The third-order valence-corrected chi connectivity index (χ3v) is 5.58. The van der Waals surface area contributed by atoms with Gasteiger partial charge in [0.05, 0.1) is 0 Å². The Hall–Kier alpha value is -2.94. The highest BCUT2D eigenvalue weighted by atomic mass is 32.2. The van der Waals surface area contributed by atoms with Crippen molar-refractivity contribution in [1.82, 2.24) is 19.5 Å². The van der Waals surface area contributed by atoms with Crippen molar-refractivity contribution in [3.05, 3.63) is 54.6 Å². The fourth-order valence-electron chi connectivity index (χ4n) is 3.03. The number of fused-ring (bicyclic) bond motifs is 1. The van der Waals surface area contributed by atoms with E-state index in [9.17, 15) is 8.42 Å². The summed E-state index contributed by atoms with van der Waals surface area (Å²) < 4.78 is 35.3. The maximum atomic E-state index is 12.7. The topological polar surface area (TPSA) is 99.0 Å². The Labute approximate surface area is 157 Å². The second kappa shape index (κ2) is 6.99. The van der Waals surface area contributed by atoms with Gasteiger partial charge in [0.1, 0.15) is 11.6 Å². The third-order valence-electron chi connectivity index (χ3n) is 4.38. The molecule has 1 aliphatic rings. The smallest absolute Gasteiger partial charge is 0.283 e. The molecule has 0 saturated heterocycles. The number of aryl methyl sites for hydroxylation is 1. The molecule has 8 nitrogen and oxygen atoms in total. The fourth-order valence-corrected chi connectivity index (χ4v) is 3.95. The van der Waals surface area contributed by atoms with Gasteiger partial charge in [0.2, 0.25) is 11.8 Å². The van der Waals surface area contributed by atoms with E-state index in [0.717, 1.165) is 25.1 Å². The molecule has 2 aromatic heterocycles. The van der Waals surface area contributed by atoms with Gasteiger partial charge in [-0.15, -0.1) is 0 Å². The molecule has 27 heavy (non-hydrogen) atoms. The van der Waals surface area contributed by atoms with Crippen molar-refractivity contribution in [3.8, 4) is 11.6 Å². The first-order valence-corrected chi connectivity index (χ1v) is 10.2. The van der Waals surface area contributed by atoms with Gasteiger partial charge in [-0.25, -0.2) is 14.7 Å². The molecule has 9 heteroatoms. The maximum absolute atomic E-state index is 12.7. The number of hydrogen-bond acceptors (Lipinski definition) is 6. The third kappa shape index (κ3) is 3.77. The lowest BCUT2D eigenvalue weighted by Gasteiger charge is -2.20. The van der Waals surface area contributed by atoms with E-state index < -0.39 is 10.0 Å². The average molecular weight is 385 g/mol. The van der Waals surface area contributed by atoms with Gasteiger partial charge in [-0.1, -0.05) is 18.2 Å². The Morgan fingerprint density at radius 3 is 2.78 bits per heavy atom. The van der Waals surface area contributed by atoms with E-state index in [-0.39, 0.29) is 22.9 Å². The van der Waals surface area contributed by atoms with Crippen LogP contribution < -0.4 is 9.46 Å². The standard InChI is InChI=1S/C18H19N5O3S/c1-13-6-5-9-15-20-17(12-23(13)15)27(24,25)22-18-19-11-10-16(21-18)26-14-7-3-2-4-8-14/h2-4,7-8,10-13H,5-6,9H2,1H3,(H,19,21,22). The van der Waals surface area contributed by atoms with E-state index in [4.69, 9.17) is 4.74 Å². The molecule has 0 spiro atoms. The lowest BCUT2D eigenvalue weighted by Crippen LogP contribution is -2.15. The van der Waals surface area contributed by atoms with Crippen molar-refractivity contribution in [1.29, 1.82) is 0 Å². The van der Waals surface area contributed by atoms with E-state index in [2.05, 4.69) is 26.6 Å². The maximum Gasteiger partial charge on any atom is 0.283 e. The molecule has 4 rings (SSSR count). The van der Waals surface area contributed by atoms with E-state index in [1.54, 1.807) is 24.4 Å². The van der Waals surface area contributed by atoms with Crippen LogP contribution in [-0.2, 0) is 16.4 Å². The summed E-state index contributed by atoms with van der Waals surface area (Å²) in [5.74, 6) is 1.56. The summed E-state index contributed by atoms with van der Waals surface area (Å²) in [4.78, 5) is 12.4. The molecule has 1 aromatic carbocycles. The quantitative estimate of drug-likeness (QED) is 0.724. The SMILES string of the molecule is CC1CCCc2nc(S(=O)(=O)Nc3nccc(Oc4ccccc4)n3)cn21. The van der Waals surface area contributed by atoms with Crippen molar-refractivity contribution in [3.63, 3.8) is 0 Å². The molecular formula is C18H19N5O3S. The number of hydrogen-bond donors (Lipinski definition) is 1. The van der Waals surface area contributed by atoms with Crippen LogP contribution in [0.5, 0.6) is 11.6 Å². The summed E-state index contributed by atoms with van der Waals surface area (Å²) in [6.45, 7) is 2.06. The molecule has 0 amide bonds. The normalized spacial score (nSPS) is 16.6. The molecular weight excluding hydrogens is 366 g/mol. The van der Waals surface area contributed by atoms with Crippen LogP contribution in [-0.4, -0.2) is 27.9 Å². The van der Waals surface area contributed by atoms with Crippen molar-refractivity contribution in [2.24, 2.45) is 0 Å². The predicted molar refractivity (Wildman–Crippen MR) is 99.2 cm³/mol. The monoisotopic (exact) mass is 385 g/mol. The van der Waals surface area contributed by atoms with Gasteiger partial charge in [0.15, 0.2) is 5.03 Å². The number of ether oxygens (including phenoxy) is 1. The molecule has 0 fully saturated rings. The van der Waals surface area contributed by atoms with Gasteiger partial charge < -0.3 is 9.30 Å². The lowest BCUT2D eigenvalue weighted by atomic mass is 10.1. The van der Waals surface area contributed by atoms with Gasteiger partial charge in [0, 0.05) is 30.9 Å². The zero-order valence-corrected chi connectivity index (χ0v) is 15.6. The number of imidazole rings is 1. The molecule has 1 aliphatic heterocycles. The first-order valence-electron chi connectivity index (χ1n) is 8.68.